The van der Waals surface area contributed by atoms with Gasteiger partial charge < -0.3 is 4.90 Å². The van der Waals surface area contributed by atoms with Gasteiger partial charge in [0.2, 0.25) is 5.91 Å². The molecule has 0 aromatic carbocycles. The second-order valence-corrected chi connectivity index (χ2v) is 9.47. The van der Waals surface area contributed by atoms with Crippen LogP contribution in [0.3, 0.4) is 0 Å². The summed E-state index contributed by atoms with van der Waals surface area (Å²) in [7, 11) is 2.05. The zero-order chi connectivity index (χ0) is 19.0. The average molecular weight is 378 g/mol. The summed E-state index contributed by atoms with van der Waals surface area (Å²) in [6, 6.07) is 0.772. The van der Waals surface area contributed by atoms with Gasteiger partial charge in [-0.15, -0.1) is 5.10 Å². The van der Waals surface area contributed by atoms with Crippen LogP contribution in [0.4, 0.5) is 0 Å². The minimum absolute atomic E-state index is 0.115. The van der Waals surface area contributed by atoms with Gasteiger partial charge in [0.1, 0.15) is 11.4 Å². The molecule has 0 saturated heterocycles. The van der Waals surface area contributed by atoms with Crippen LogP contribution in [0.1, 0.15) is 50.3 Å². The summed E-state index contributed by atoms with van der Waals surface area (Å²) in [5.74, 6) is 2.41. The molecule has 0 radical (unpaired) electrons. The topological polar surface area (TPSA) is 76.8 Å². The number of rotatable bonds is 4. The highest BCUT2D eigenvalue weighted by atomic mass is 16.2. The number of nitrogens with zero attached hydrogens (tertiary/aromatic N) is 6. The Kier molecular flexibility index (Phi) is 3.33. The number of aromatic nitrogens is 5. The second-order valence-electron chi connectivity index (χ2n) is 9.47. The fourth-order valence-electron chi connectivity index (χ4n) is 6.43. The molecular weight excluding hydrogens is 352 g/mol. The monoisotopic (exact) mass is 378 g/mol. The lowest BCUT2D eigenvalue weighted by Crippen LogP contribution is -2.48. The molecule has 0 spiro atoms. The van der Waals surface area contributed by atoms with E-state index in [1.807, 2.05) is 17.8 Å². The number of aryl methyl sites for hydroxylation is 1. The quantitative estimate of drug-likeness (QED) is 0.817. The predicted molar refractivity (Wildman–Crippen MR) is 102 cm³/mol. The van der Waals surface area contributed by atoms with Gasteiger partial charge in [0, 0.05) is 25.5 Å². The van der Waals surface area contributed by atoms with Crippen LogP contribution in [0, 0.1) is 30.1 Å². The molecule has 6 atom stereocenters. The van der Waals surface area contributed by atoms with Crippen molar-refractivity contribution in [2.24, 2.45) is 23.2 Å². The van der Waals surface area contributed by atoms with Crippen molar-refractivity contribution in [3.05, 3.63) is 24.3 Å². The number of amides is 1. The van der Waals surface area contributed by atoms with E-state index >= 15 is 0 Å². The molecule has 2 heterocycles. The van der Waals surface area contributed by atoms with Crippen LogP contribution >= 0.6 is 0 Å². The first-order valence-corrected chi connectivity index (χ1v) is 10.5. The minimum atomic E-state index is -0.115. The first kappa shape index (κ1) is 16.6. The van der Waals surface area contributed by atoms with E-state index in [1.165, 1.54) is 25.7 Å². The normalized spacial score (nSPS) is 37.4. The fourth-order valence-corrected chi connectivity index (χ4v) is 6.43. The van der Waals surface area contributed by atoms with Crippen LogP contribution in [0.2, 0.25) is 0 Å². The molecule has 4 saturated carbocycles. The van der Waals surface area contributed by atoms with Crippen molar-refractivity contribution in [3.63, 3.8) is 0 Å². The van der Waals surface area contributed by atoms with Crippen molar-refractivity contribution in [2.75, 3.05) is 7.05 Å². The number of hydrogen-bond donors (Lipinski definition) is 0. The van der Waals surface area contributed by atoms with Gasteiger partial charge in [-0.05, 0) is 56.8 Å². The van der Waals surface area contributed by atoms with Gasteiger partial charge in [-0.2, -0.15) is 0 Å². The van der Waals surface area contributed by atoms with Crippen LogP contribution in [0.25, 0.3) is 11.4 Å². The van der Waals surface area contributed by atoms with Gasteiger partial charge in [-0.25, -0.2) is 4.68 Å². The summed E-state index contributed by atoms with van der Waals surface area (Å²) in [5, 5.41) is 8.66. The van der Waals surface area contributed by atoms with Crippen LogP contribution in [-0.2, 0) is 4.79 Å². The minimum Gasteiger partial charge on any atom is -0.342 e. The first-order chi connectivity index (χ1) is 13.6. The van der Waals surface area contributed by atoms with Crippen LogP contribution in [0.5, 0.6) is 0 Å². The van der Waals surface area contributed by atoms with Gasteiger partial charge in [0.25, 0.3) is 0 Å². The summed E-state index contributed by atoms with van der Waals surface area (Å²) in [4.78, 5) is 24.1. The lowest BCUT2D eigenvalue weighted by atomic mass is 9.78. The summed E-state index contributed by atoms with van der Waals surface area (Å²) in [5.41, 5.74) is 2.28. The average Bonchev–Trinajstić information content (AvgIpc) is 3.20. The Morgan fingerprint density at radius 1 is 1.21 bits per heavy atom. The van der Waals surface area contributed by atoms with Crippen molar-refractivity contribution in [2.45, 2.75) is 57.5 Å². The molecule has 1 amide bonds. The zero-order valence-electron chi connectivity index (χ0n) is 16.5. The Morgan fingerprint density at radius 2 is 2.07 bits per heavy atom. The third-order valence-corrected chi connectivity index (χ3v) is 8.09. The van der Waals surface area contributed by atoms with Crippen molar-refractivity contribution in [1.82, 2.24) is 29.9 Å². The van der Waals surface area contributed by atoms with E-state index in [9.17, 15) is 4.79 Å². The lowest BCUT2D eigenvalue weighted by Gasteiger charge is -2.39. The van der Waals surface area contributed by atoms with E-state index in [4.69, 9.17) is 0 Å². The van der Waals surface area contributed by atoms with Gasteiger partial charge >= 0.3 is 0 Å². The summed E-state index contributed by atoms with van der Waals surface area (Å²) >= 11 is 0. The molecular formula is C21H26N6O. The van der Waals surface area contributed by atoms with Gasteiger partial charge in [-0.3, -0.25) is 14.8 Å². The largest absolute Gasteiger partial charge is 0.342 e. The second kappa shape index (κ2) is 5.61. The highest BCUT2D eigenvalue weighted by molar-refractivity contribution is 5.88. The molecule has 146 valence electrons. The Hall–Kier alpha value is -2.31. The van der Waals surface area contributed by atoms with Crippen molar-refractivity contribution < 1.29 is 4.79 Å². The Bertz CT molecular complexity index is 956. The lowest BCUT2D eigenvalue weighted by molar-refractivity contribution is -0.143. The van der Waals surface area contributed by atoms with Crippen molar-refractivity contribution in [3.8, 4) is 11.4 Å². The third kappa shape index (κ3) is 2.19. The smallest absolute Gasteiger partial charge is 0.229 e. The number of fused-ring (bicyclic) bond motifs is 3. The van der Waals surface area contributed by atoms with Gasteiger partial charge in [-0.1, -0.05) is 11.6 Å². The molecule has 7 heteroatoms. The molecule has 0 aliphatic heterocycles. The van der Waals surface area contributed by atoms with Crippen LogP contribution < -0.4 is 0 Å². The fraction of sp³-hybridized carbons (Fsp3) is 0.667. The van der Waals surface area contributed by atoms with E-state index in [1.54, 1.807) is 12.4 Å². The zero-order valence-corrected chi connectivity index (χ0v) is 16.5. The number of carbonyl (C=O) groups is 1. The standard InChI is InChI=1S/C21H26N6O/c1-12-19(23-6-5-22-12)16-11-27(25-24-16)18-10-21(9-15(18)21)20(28)26(2)17-8-13-3-4-14(17)7-13/h5-6,11,13-15,17-18H,3-4,7-10H2,1-2H3/t13-,14+,15+,17-,18+,21+/m1/s1. The van der Waals surface area contributed by atoms with E-state index in [-0.39, 0.29) is 11.5 Å². The van der Waals surface area contributed by atoms with E-state index < -0.39 is 0 Å². The van der Waals surface area contributed by atoms with Gasteiger partial charge in [0.05, 0.1) is 23.3 Å². The molecule has 4 aliphatic carbocycles. The molecule has 2 bridgehead atoms. The van der Waals surface area contributed by atoms with Crippen molar-refractivity contribution in [1.29, 1.82) is 0 Å². The van der Waals surface area contributed by atoms with E-state index in [2.05, 4.69) is 32.2 Å². The highest BCUT2D eigenvalue weighted by Crippen LogP contribution is 2.73. The number of hydrogen-bond acceptors (Lipinski definition) is 5. The third-order valence-electron chi connectivity index (χ3n) is 8.09. The Balaban J connectivity index is 1.16. The highest BCUT2D eigenvalue weighted by Gasteiger charge is 2.73. The Morgan fingerprint density at radius 3 is 2.79 bits per heavy atom. The molecule has 2 aromatic heterocycles. The summed E-state index contributed by atoms with van der Waals surface area (Å²) < 4.78 is 1.95. The number of carbonyl (C=O) groups excluding carboxylic acids is 1. The molecule has 6 rings (SSSR count). The maximum atomic E-state index is 13.3. The van der Waals surface area contributed by atoms with E-state index in [0.717, 1.165) is 41.8 Å². The molecule has 0 unspecified atom stereocenters. The summed E-state index contributed by atoms with van der Waals surface area (Å²) in [6.45, 7) is 1.93. The maximum Gasteiger partial charge on any atom is 0.229 e. The SMILES string of the molecule is Cc1nccnc1-c1cn([C@H]2C[C@@]3(C(=O)N(C)[C@@H]4C[C@@H]5CC[C@H]4C5)C[C@@H]23)nn1. The van der Waals surface area contributed by atoms with Crippen LogP contribution in [0.15, 0.2) is 18.6 Å². The van der Waals surface area contributed by atoms with Gasteiger partial charge in [0.15, 0.2) is 0 Å². The molecule has 2 aromatic rings. The molecule has 4 fully saturated rings. The van der Waals surface area contributed by atoms with E-state index in [0.29, 0.717) is 17.9 Å². The van der Waals surface area contributed by atoms with Crippen LogP contribution in [-0.4, -0.2) is 48.9 Å². The first-order valence-electron chi connectivity index (χ1n) is 10.5. The molecule has 28 heavy (non-hydrogen) atoms. The predicted octanol–water partition coefficient (Wildman–Crippen LogP) is 2.64. The van der Waals surface area contributed by atoms with Crippen molar-refractivity contribution >= 4 is 5.91 Å². The maximum absolute atomic E-state index is 13.3. The Labute approximate surface area is 164 Å². The molecule has 0 N–H and O–H groups in total. The summed E-state index contributed by atoms with van der Waals surface area (Å²) in [6.07, 6.45) is 12.5. The molecule has 7 nitrogen and oxygen atoms in total. The molecule has 4 aliphatic rings.